The number of nitrogens with one attached hydrogen (secondary N) is 1. The van der Waals surface area contributed by atoms with Crippen molar-refractivity contribution in [1.29, 1.82) is 0 Å². The Morgan fingerprint density at radius 2 is 2.33 bits per heavy atom. The van der Waals surface area contributed by atoms with Crippen LogP contribution in [-0.4, -0.2) is 12.1 Å². The molecule has 0 aliphatic carbocycles. The fraction of sp³-hybridized carbons (Fsp3) is 0.600. The van der Waals surface area contributed by atoms with Gasteiger partial charge in [-0.25, -0.2) is 0 Å². The smallest absolute Gasteiger partial charge is 0.0118 e. The van der Waals surface area contributed by atoms with Crippen LogP contribution in [0.5, 0.6) is 0 Å². The first-order valence-corrected chi connectivity index (χ1v) is 5.45. The lowest BCUT2D eigenvalue weighted by molar-refractivity contribution is 0.578. The number of rotatable bonds is 1. The van der Waals surface area contributed by atoms with Crippen LogP contribution in [0.3, 0.4) is 0 Å². The van der Waals surface area contributed by atoms with E-state index in [4.69, 9.17) is 0 Å². The normalized spacial score (nSPS) is 35.7. The first kappa shape index (κ1) is 8.27. The zero-order valence-electron chi connectivity index (χ0n) is 7.58. The van der Waals surface area contributed by atoms with E-state index in [0.717, 1.165) is 5.92 Å². The van der Waals surface area contributed by atoms with Crippen molar-refractivity contribution in [2.24, 2.45) is 0 Å². The molecular weight excluding hydrogens is 166 g/mol. The largest absolute Gasteiger partial charge is 0.311 e. The molecule has 1 fully saturated rings. The highest BCUT2D eigenvalue weighted by molar-refractivity contribution is 7.10. The molecule has 2 heterocycles. The first-order chi connectivity index (χ1) is 5.77. The third kappa shape index (κ3) is 1.41. The summed E-state index contributed by atoms with van der Waals surface area (Å²) in [6.07, 6.45) is 1.29. The van der Waals surface area contributed by atoms with Crippen LogP contribution in [0, 0.1) is 0 Å². The second-order valence-electron chi connectivity index (χ2n) is 3.71. The van der Waals surface area contributed by atoms with Gasteiger partial charge in [-0.15, -0.1) is 11.3 Å². The van der Waals surface area contributed by atoms with Gasteiger partial charge in [0.05, 0.1) is 0 Å². The van der Waals surface area contributed by atoms with Gasteiger partial charge in [0.15, 0.2) is 0 Å². The van der Waals surface area contributed by atoms with E-state index in [-0.39, 0.29) is 0 Å². The van der Waals surface area contributed by atoms with E-state index in [2.05, 4.69) is 36.7 Å². The predicted molar refractivity (Wildman–Crippen MR) is 53.7 cm³/mol. The molecule has 3 unspecified atom stereocenters. The van der Waals surface area contributed by atoms with Crippen molar-refractivity contribution in [3.63, 3.8) is 0 Å². The molecule has 0 amide bonds. The van der Waals surface area contributed by atoms with Crippen LogP contribution >= 0.6 is 11.3 Å². The molecule has 0 bridgehead atoms. The van der Waals surface area contributed by atoms with E-state index in [9.17, 15) is 0 Å². The van der Waals surface area contributed by atoms with Crippen LogP contribution in [0.15, 0.2) is 17.5 Å². The monoisotopic (exact) mass is 181 g/mol. The predicted octanol–water partition coefficient (Wildman–Crippen LogP) is 2.60. The van der Waals surface area contributed by atoms with Crippen LogP contribution in [-0.2, 0) is 0 Å². The van der Waals surface area contributed by atoms with Crippen molar-refractivity contribution in [3.8, 4) is 0 Å². The van der Waals surface area contributed by atoms with E-state index in [0.29, 0.717) is 12.1 Å². The molecule has 2 heteroatoms. The minimum absolute atomic E-state index is 0.652. The molecule has 1 aromatic heterocycles. The summed E-state index contributed by atoms with van der Waals surface area (Å²) in [6.45, 7) is 4.55. The summed E-state index contributed by atoms with van der Waals surface area (Å²) in [4.78, 5) is 1.54. The molecule has 1 aromatic rings. The fourth-order valence-electron chi connectivity index (χ4n) is 2.08. The van der Waals surface area contributed by atoms with E-state index in [1.807, 2.05) is 11.3 Å². The number of hydrogen-bond donors (Lipinski definition) is 1. The quantitative estimate of drug-likeness (QED) is 0.702. The average Bonchev–Trinajstić information content (AvgIpc) is 2.58. The molecule has 3 atom stereocenters. The molecular formula is C10H15NS. The molecule has 1 nitrogen and oxygen atoms in total. The number of hydrogen-bond acceptors (Lipinski definition) is 2. The highest BCUT2D eigenvalue weighted by Crippen LogP contribution is 2.33. The first-order valence-electron chi connectivity index (χ1n) is 4.57. The van der Waals surface area contributed by atoms with Gasteiger partial charge in [-0.1, -0.05) is 6.07 Å². The lowest BCUT2D eigenvalue weighted by Crippen LogP contribution is -2.25. The van der Waals surface area contributed by atoms with Crippen LogP contribution in [0.25, 0.3) is 0 Å². The molecule has 0 saturated carbocycles. The van der Waals surface area contributed by atoms with E-state index < -0.39 is 0 Å². The molecule has 2 rings (SSSR count). The van der Waals surface area contributed by atoms with Gasteiger partial charge >= 0.3 is 0 Å². The summed E-state index contributed by atoms with van der Waals surface area (Å²) in [6, 6.07) is 5.74. The van der Waals surface area contributed by atoms with Gasteiger partial charge in [0, 0.05) is 22.9 Å². The van der Waals surface area contributed by atoms with Crippen LogP contribution in [0.1, 0.15) is 31.1 Å². The van der Waals surface area contributed by atoms with Crippen LogP contribution < -0.4 is 5.32 Å². The Morgan fingerprint density at radius 1 is 1.50 bits per heavy atom. The van der Waals surface area contributed by atoms with Gasteiger partial charge < -0.3 is 5.32 Å². The highest BCUT2D eigenvalue weighted by Gasteiger charge is 2.29. The summed E-state index contributed by atoms with van der Waals surface area (Å²) in [7, 11) is 0. The zero-order valence-corrected chi connectivity index (χ0v) is 8.40. The van der Waals surface area contributed by atoms with Crippen molar-refractivity contribution >= 4 is 11.3 Å². The maximum absolute atomic E-state index is 3.56. The molecule has 1 saturated heterocycles. The van der Waals surface area contributed by atoms with Crippen molar-refractivity contribution in [2.45, 2.75) is 38.3 Å². The lowest BCUT2D eigenvalue weighted by atomic mass is 9.99. The van der Waals surface area contributed by atoms with Gasteiger partial charge in [0.25, 0.3) is 0 Å². The summed E-state index contributed by atoms with van der Waals surface area (Å²) < 4.78 is 0. The van der Waals surface area contributed by atoms with Gasteiger partial charge in [-0.05, 0) is 31.7 Å². The van der Waals surface area contributed by atoms with Crippen molar-refractivity contribution in [1.82, 2.24) is 5.32 Å². The SMILES string of the molecule is CC1CC(c2cccs2)C(C)N1. The summed E-state index contributed by atoms with van der Waals surface area (Å²) in [5.41, 5.74) is 0. The average molecular weight is 181 g/mol. The molecule has 1 aliphatic heterocycles. The minimum Gasteiger partial charge on any atom is -0.311 e. The lowest BCUT2D eigenvalue weighted by Gasteiger charge is -2.11. The second-order valence-corrected chi connectivity index (χ2v) is 4.69. The van der Waals surface area contributed by atoms with Crippen molar-refractivity contribution in [2.75, 3.05) is 0 Å². The van der Waals surface area contributed by atoms with Crippen LogP contribution in [0.4, 0.5) is 0 Å². The maximum Gasteiger partial charge on any atom is 0.0118 e. The Labute approximate surface area is 77.8 Å². The van der Waals surface area contributed by atoms with Crippen molar-refractivity contribution in [3.05, 3.63) is 22.4 Å². The molecule has 0 spiro atoms. The third-order valence-corrected chi connectivity index (χ3v) is 3.67. The summed E-state index contributed by atoms with van der Waals surface area (Å²) >= 11 is 1.89. The van der Waals surface area contributed by atoms with Gasteiger partial charge in [-0.2, -0.15) is 0 Å². The minimum atomic E-state index is 0.652. The fourth-order valence-corrected chi connectivity index (χ4v) is 3.03. The molecule has 1 N–H and O–H groups in total. The Kier molecular flexibility index (Phi) is 2.20. The number of thiophene rings is 1. The maximum atomic E-state index is 3.56. The Morgan fingerprint density at radius 3 is 2.83 bits per heavy atom. The summed E-state index contributed by atoms with van der Waals surface area (Å²) in [5.74, 6) is 0.750. The van der Waals surface area contributed by atoms with Gasteiger partial charge in [0.1, 0.15) is 0 Å². The highest BCUT2D eigenvalue weighted by atomic mass is 32.1. The van der Waals surface area contributed by atoms with Gasteiger partial charge in [-0.3, -0.25) is 0 Å². The molecule has 12 heavy (non-hydrogen) atoms. The van der Waals surface area contributed by atoms with Crippen LogP contribution in [0.2, 0.25) is 0 Å². The zero-order chi connectivity index (χ0) is 8.55. The topological polar surface area (TPSA) is 12.0 Å². The third-order valence-electron chi connectivity index (χ3n) is 2.67. The van der Waals surface area contributed by atoms with E-state index in [1.54, 1.807) is 4.88 Å². The van der Waals surface area contributed by atoms with E-state index >= 15 is 0 Å². The standard InChI is InChI=1S/C10H15NS/c1-7-6-9(8(2)11-7)10-4-3-5-12-10/h3-5,7-9,11H,6H2,1-2H3. The summed E-state index contributed by atoms with van der Waals surface area (Å²) in [5, 5.41) is 5.73. The second kappa shape index (κ2) is 3.19. The van der Waals surface area contributed by atoms with Gasteiger partial charge in [0.2, 0.25) is 0 Å². The molecule has 66 valence electrons. The van der Waals surface area contributed by atoms with E-state index in [1.165, 1.54) is 6.42 Å². The molecule has 1 aliphatic rings. The molecule has 0 aromatic carbocycles. The Hall–Kier alpha value is -0.340. The Bertz CT molecular complexity index is 242. The Balaban J connectivity index is 2.15. The van der Waals surface area contributed by atoms with Crippen molar-refractivity contribution < 1.29 is 0 Å². The molecule has 0 radical (unpaired) electrons.